The second-order valence-electron chi connectivity index (χ2n) is 7.79. The Balaban J connectivity index is 1.75. The lowest BCUT2D eigenvalue weighted by Gasteiger charge is -2.35. The molecule has 0 saturated carbocycles. The van der Waals surface area contributed by atoms with Crippen molar-refractivity contribution in [2.45, 2.75) is 31.6 Å². The van der Waals surface area contributed by atoms with Crippen LogP contribution >= 0.6 is 11.6 Å². The molecule has 2 aliphatic heterocycles. The van der Waals surface area contributed by atoms with Crippen LogP contribution in [0, 0.1) is 11.6 Å². The maximum absolute atomic E-state index is 14.4. The number of carbonyl (C=O) groups excluding carboxylic acids is 1. The van der Waals surface area contributed by atoms with Crippen LogP contribution in [0.2, 0.25) is 5.02 Å². The van der Waals surface area contributed by atoms with Crippen LogP contribution in [0.25, 0.3) is 0 Å². The number of carbonyl (C=O) groups is 1. The Morgan fingerprint density at radius 2 is 2.00 bits per heavy atom. The molecule has 2 aromatic rings. The largest absolute Gasteiger partial charge is 0.416 e. The normalized spacial score (nSPS) is 20.1. The zero-order valence-corrected chi connectivity index (χ0v) is 18.2. The maximum atomic E-state index is 14.4. The highest BCUT2D eigenvalue weighted by molar-refractivity contribution is 6.31. The monoisotopic (exact) mass is 484 g/mol. The number of likely N-dealkylation sites (N-methyl/N-ethyl adjacent to an activating group) is 1. The first-order chi connectivity index (χ1) is 15.5. The van der Waals surface area contributed by atoms with Crippen LogP contribution in [0.3, 0.4) is 0 Å². The molecular formula is C22H18ClF5N4O. The summed E-state index contributed by atoms with van der Waals surface area (Å²) in [4.78, 5) is 19.9. The minimum Gasteiger partial charge on any atom is -0.365 e. The molecule has 2 aliphatic rings. The fraction of sp³-hybridized carbons (Fsp3) is 0.273. The molecule has 0 saturated heterocycles. The number of nitrogens with one attached hydrogen (secondary N) is 1. The molecule has 1 aromatic heterocycles. The Morgan fingerprint density at radius 3 is 2.70 bits per heavy atom. The van der Waals surface area contributed by atoms with Crippen LogP contribution < -0.4 is 15.1 Å². The Morgan fingerprint density at radius 1 is 1.27 bits per heavy atom. The first kappa shape index (κ1) is 23.0. The van der Waals surface area contributed by atoms with Gasteiger partial charge in [0.05, 0.1) is 28.2 Å². The number of rotatable bonds is 3. The van der Waals surface area contributed by atoms with Gasteiger partial charge >= 0.3 is 6.18 Å². The number of dihydropyridines is 1. The lowest BCUT2D eigenvalue weighted by molar-refractivity contribution is -0.119. The highest BCUT2D eigenvalue weighted by atomic mass is 35.5. The Labute approximate surface area is 191 Å². The molecule has 0 spiro atoms. The standard InChI is InChI=1S/C22H18ClF5N4O/c1-11-5-13(22(26,27)28)7-20(30-11)32-18(6-12-3-4-29-10-19(12)32)21(33)31(2)17-8-14(23)15(24)9-16(17)25/h3-5,7-11,18,30H,6H2,1-2H3/t11?,18-/m0/s1. The quantitative estimate of drug-likeness (QED) is 0.505. The molecular weight excluding hydrogens is 467 g/mol. The van der Waals surface area contributed by atoms with Gasteiger partial charge in [0.1, 0.15) is 23.5 Å². The molecule has 5 nitrogen and oxygen atoms in total. The van der Waals surface area contributed by atoms with E-state index < -0.39 is 41.4 Å². The number of halogens is 6. The number of allylic oxidation sites excluding steroid dienone is 2. The second-order valence-corrected chi connectivity index (χ2v) is 8.20. The third kappa shape index (κ3) is 4.27. The molecule has 33 heavy (non-hydrogen) atoms. The molecule has 0 bridgehead atoms. The Bertz CT molecular complexity index is 1180. The van der Waals surface area contributed by atoms with Gasteiger partial charge in [0.2, 0.25) is 5.91 Å². The molecule has 4 rings (SSSR count). The number of pyridine rings is 1. The van der Waals surface area contributed by atoms with Crippen molar-refractivity contribution < 1.29 is 26.7 Å². The third-order valence-electron chi connectivity index (χ3n) is 5.52. The van der Waals surface area contributed by atoms with Gasteiger partial charge in [-0.15, -0.1) is 0 Å². The summed E-state index contributed by atoms with van der Waals surface area (Å²) in [5.74, 6) is -2.53. The predicted molar refractivity (Wildman–Crippen MR) is 114 cm³/mol. The van der Waals surface area contributed by atoms with Crippen molar-refractivity contribution in [1.29, 1.82) is 0 Å². The van der Waals surface area contributed by atoms with Crippen molar-refractivity contribution in [3.05, 3.63) is 76.4 Å². The number of anilines is 2. The molecule has 1 unspecified atom stereocenters. The van der Waals surface area contributed by atoms with Gasteiger partial charge in [0.15, 0.2) is 0 Å². The second kappa shape index (κ2) is 8.33. The highest BCUT2D eigenvalue weighted by Crippen LogP contribution is 2.38. The molecule has 3 heterocycles. The smallest absolute Gasteiger partial charge is 0.365 e. The number of benzene rings is 1. The molecule has 0 aliphatic carbocycles. The van der Waals surface area contributed by atoms with Gasteiger partial charge in [-0.2, -0.15) is 13.2 Å². The SMILES string of the molecule is CC1C=C(C(F)(F)F)C=C(N2c3cnccc3C[C@H]2C(=O)N(C)c2cc(Cl)c(F)cc2F)N1. The van der Waals surface area contributed by atoms with Crippen molar-refractivity contribution in [1.82, 2.24) is 10.3 Å². The summed E-state index contributed by atoms with van der Waals surface area (Å²) in [6, 6.07) is 1.56. The van der Waals surface area contributed by atoms with E-state index in [-0.39, 0.29) is 23.0 Å². The minimum absolute atomic E-state index is 0.0634. The van der Waals surface area contributed by atoms with Crippen molar-refractivity contribution in [2.75, 3.05) is 16.8 Å². The highest BCUT2D eigenvalue weighted by Gasteiger charge is 2.42. The molecule has 1 N–H and O–H groups in total. The zero-order chi connectivity index (χ0) is 24.1. The summed E-state index contributed by atoms with van der Waals surface area (Å²) in [6.45, 7) is 1.55. The van der Waals surface area contributed by atoms with Crippen molar-refractivity contribution in [3.8, 4) is 0 Å². The number of hydrogen-bond acceptors (Lipinski definition) is 4. The summed E-state index contributed by atoms with van der Waals surface area (Å²) in [6.07, 6.45) is 0.510. The number of hydrogen-bond donors (Lipinski definition) is 1. The van der Waals surface area contributed by atoms with E-state index in [4.69, 9.17) is 11.6 Å². The van der Waals surface area contributed by atoms with E-state index in [9.17, 15) is 26.7 Å². The van der Waals surface area contributed by atoms with Gasteiger partial charge in [-0.25, -0.2) is 8.78 Å². The molecule has 0 radical (unpaired) electrons. The van der Waals surface area contributed by atoms with E-state index in [0.29, 0.717) is 17.3 Å². The Kier molecular flexibility index (Phi) is 5.81. The van der Waals surface area contributed by atoms with Crippen LogP contribution in [0.15, 0.2) is 54.1 Å². The first-order valence-corrected chi connectivity index (χ1v) is 10.3. The molecule has 11 heteroatoms. The lowest BCUT2D eigenvalue weighted by Crippen LogP contribution is -2.50. The van der Waals surface area contributed by atoms with E-state index in [1.165, 1.54) is 24.3 Å². The fourth-order valence-electron chi connectivity index (χ4n) is 3.98. The van der Waals surface area contributed by atoms with E-state index in [0.717, 1.165) is 23.1 Å². The van der Waals surface area contributed by atoms with Crippen LogP contribution in [0.1, 0.15) is 12.5 Å². The van der Waals surface area contributed by atoms with E-state index in [2.05, 4.69) is 10.3 Å². The number of amides is 1. The molecule has 2 atom stereocenters. The van der Waals surface area contributed by atoms with E-state index in [1.807, 2.05) is 0 Å². The number of fused-ring (bicyclic) bond motifs is 1. The number of alkyl halides is 3. The van der Waals surface area contributed by atoms with Gasteiger partial charge in [0, 0.05) is 31.8 Å². The van der Waals surface area contributed by atoms with Gasteiger partial charge < -0.3 is 15.1 Å². The van der Waals surface area contributed by atoms with E-state index in [1.54, 1.807) is 13.0 Å². The summed E-state index contributed by atoms with van der Waals surface area (Å²) < 4.78 is 68.4. The molecule has 1 amide bonds. The van der Waals surface area contributed by atoms with Gasteiger partial charge in [-0.1, -0.05) is 17.7 Å². The number of nitrogens with zero attached hydrogens (tertiary/aromatic N) is 3. The number of aromatic nitrogens is 1. The molecule has 0 fully saturated rings. The average molecular weight is 485 g/mol. The zero-order valence-electron chi connectivity index (χ0n) is 17.4. The van der Waals surface area contributed by atoms with Gasteiger partial charge in [-0.05, 0) is 30.7 Å². The summed E-state index contributed by atoms with van der Waals surface area (Å²) in [5.41, 5.74) is 0.0383. The van der Waals surface area contributed by atoms with Crippen LogP contribution in [-0.2, 0) is 11.2 Å². The first-order valence-electron chi connectivity index (χ1n) is 9.89. The van der Waals surface area contributed by atoms with Gasteiger partial charge in [-0.3, -0.25) is 9.78 Å². The molecule has 174 valence electrons. The van der Waals surface area contributed by atoms with Crippen LogP contribution in [-0.4, -0.2) is 36.2 Å². The lowest BCUT2D eigenvalue weighted by atomic mass is 10.1. The third-order valence-corrected chi connectivity index (χ3v) is 5.81. The van der Waals surface area contributed by atoms with Crippen molar-refractivity contribution >= 4 is 28.9 Å². The summed E-state index contributed by atoms with van der Waals surface area (Å²) in [7, 11) is 1.29. The van der Waals surface area contributed by atoms with Crippen molar-refractivity contribution in [3.63, 3.8) is 0 Å². The average Bonchev–Trinajstić information content (AvgIpc) is 3.14. The Hall–Kier alpha value is -3.14. The van der Waals surface area contributed by atoms with E-state index >= 15 is 0 Å². The van der Waals surface area contributed by atoms with Gasteiger partial charge in [0.25, 0.3) is 0 Å². The maximum Gasteiger partial charge on any atom is 0.416 e. The van der Waals surface area contributed by atoms with Crippen LogP contribution in [0.4, 0.5) is 33.3 Å². The predicted octanol–water partition coefficient (Wildman–Crippen LogP) is 4.73. The fourth-order valence-corrected chi connectivity index (χ4v) is 4.13. The minimum atomic E-state index is -4.58. The summed E-state index contributed by atoms with van der Waals surface area (Å²) >= 11 is 5.76. The van der Waals surface area contributed by atoms with Crippen molar-refractivity contribution in [2.24, 2.45) is 0 Å². The molecule has 1 aromatic carbocycles. The topological polar surface area (TPSA) is 48.5 Å². The summed E-state index contributed by atoms with van der Waals surface area (Å²) in [5, 5.41) is 2.59. The van der Waals surface area contributed by atoms with Crippen LogP contribution in [0.5, 0.6) is 0 Å².